The number of carbonyl (C=O) groups excluding carboxylic acids is 1. The molecule has 4 aromatic carbocycles. The van der Waals surface area contributed by atoms with E-state index in [1.165, 1.54) is 21.9 Å². The third-order valence-electron chi connectivity index (χ3n) is 5.68. The lowest BCUT2D eigenvalue weighted by molar-refractivity contribution is 0.100. The fourth-order valence-electron chi connectivity index (χ4n) is 4.20. The molecule has 0 aliphatic carbocycles. The van der Waals surface area contributed by atoms with Gasteiger partial charge in [-0.3, -0.25) is 4.79 Å². The first-order valence-electron chi connectivity index (χ1n) is 9.88. The van der Waals surface area contributed by atoms with Crippen LogP contribution in [0.25, 0.3) is 32.6 Å². The van der Waals surface area contributed by atoms with E-state index in [2.05, 4.69) is 72.2 Å². The van der Waals surface area contributed by atoms with Gasteiger partial charge in [-0.25, -0.2) is 0 Å². The second kappa shape index (κ2) is 6.78. The average molecular weight is 377 g/mol. The molecule has 5 rings (SSSR count). The third kappa shape index (κ3) is 2.87. The molecule has 0 saturated carbocycles. The van der Waals surface area contributed by atoms with Gasteiger partial charge in [0.1, 0.15) is 0 Å². The second-order valence-corrected chi connectivity index (χ2v) is 7.45. The highest BCUT2D eigenvalue weighted by Crippen LogP contribution is 2.33. The zero-order valence-corrected chi connectivity index (χ0v) is 16.3. The molecule has 141 valence electrons. The lowest BCUT2D eigenvalue weighted by Crippen LogP contribution is -2.11. The number of hydrogen-bond donors (Lipinski definition) is 1. The summed E-state index contributed by atoms with van der Waals surface area (Å²) in [6.45, 7) is 2.86. The van der Waals surface area contributed by atoms with Gasteiger partial charge >= 0.3 is 0 Å². The predicted molar refractivity (Wildman–Crippen MR) is 119 cm³/mol. The van der Waals surface area contributed by atoms with Crippen LogP contribution in [-0.4, -0.2) is 10.5 Å². The predicted octanol–water partition coefficient (Wildman–Crippen LogP) is 5.46. The first-order valence-corrected chi connectivity index (χ1v) is 9.88. The summed E-state index contributed by atoms with van der Waals surface area (Å²) in [5.74, 6) is -0.409. The summed E-state index contributed by atoms with van der Waals surface area (Å²) in [7, 11) is 0. The Balaban J connectivity index is 1.78. The molecule has 0 saturated heterocycles. The van der Waals surface area contributed by atoms with Crippen LogP contribution in [0.3, 0.4) is 0 Å². The average Bonchev–Trinajstić information content (AvgIpc) is 3.06. The molecule has 0 aliphatic heterocycles. The van der Waals surface area contributed by atoms with Gasteiger partial charge < -0.3 is 10.3 Å². The summed E-state index contributed by atoms with van der Waals surface area (Å²) < 4.78 is 2.27. The van der Waals surface area contributed by atoms with Gasteiger partial charge in [-0.1, -0.05) is 55.5 Å². The Hall–Kier alpha value is -3.59. The highest BCUT2D eigenvalue weighted by molar-refractivity contribution is 6.17. The van der Waals surface area contributed by atoms with Crippen LogP contribution in [0.1, 0.15) is 28.4 Å². The molecule has 1 radical (unpaired) electrons. The number of hydrogen-bond acceptors (Lipinski definition) is 1. The van der Waals surface area contributed by atoms with E-state index in [-0.39, 0.29) is 0 Å². The molecule has 0 aliphatic rings. The van der Waals surface area contributed by atoms with E-state index in [0.717, 1.165) is 28.2 Å². The molecule has 0 atom stereocenters. The molecule has 1 amide bonds. The number of nitrogens with two attached hydrogens (primary N) is 1. The van der Waals surface area contributed by atoms with Gasteiger partial charge in [0.25, 0.3) is 0 Å². The van der Waals surface area contributed by atoms with Crippen molar-refractivity contribution in [2.45, 2.75) is 19.9 Å². The monoisotopic (exact) mass is 377 g/mol. The van der Waals surface area contributed by atoms with E-state index in [0.29, 0.717) is 12.1 Å². The first kappa shape index (κ1) is 17.5. The minimum Gasteiger partial charge on any atom is -0.366 e. The normalized spacial score (nSPS) is 11.5. The molecule has 2 N–H and O–H groups in total. The minimum atomic E-state index is -0.409. The molecule has 5 aromatic rings. The van der Waals surface area contributed by atoms with Crippen LogP contribution in [0, 0.1) is 6.07 Å². The smallest absolute Gasteiger partial charge is 0.249 e. The van der Waals surface area contributed by atoms with Crippen LogP contribution in [0.4, 0.5) is 0 Å². The second-order valence-electron chi connectivity index (χ2n) is 7.45. The zero-order valence-electron chi connectivity index (χ0n) is 16.3. The molecule has 1 aromatic heterocycles. The molecule has 1 heterocycles. The van der Waals surface area contributed by atoms with Gasteiger partial charge in [-0.15, -0.1) is 0 Å². The summed E-state index contributed by atoms with van der Waals surface area (Å²) in [6.07, 6.45) is 0.937. The molecular formula is C26H21N2O. The van der Waals surface area contributed by atoms with Crippen molar-refractivity contribution in [3.05, 3.63) is 95.6 Å². The van der Waals surface area contributed by atoms with Crippen molar-refractivity contribution in [1.29, 1.82) is 0 Å². The van der Waals surface area contributed by atoms with Gasteiger partial charge in [0.05, 0.1) is 11.0 Å². The van der Waals surface area contributed by atoms with Crippen molar-refractivity contribution in [2.24, 2.45) is 5.73 Å². The maximum Gasteiger partial charge on any atom is 0.249 e. The zero-order chi connectivity index (χ0) is 20.0. The van der Waals surface area contributed by atoms with E-state index in [1.807, 2.05) is 12.1 Å². The first-order chi connectivity index (χ1) is 14.2. The lowest BCUT2D eigenvalue weighted by Gasteiger charge is -2.10. The van der Waals surface area contributed by atoms with Crippen molar-refractivity contribution in [1.82, 2.24) is 4.57 Å². The summed E-state index contributed by atoms with van der Waals surface area (Å²) in [5.41, 5.74) is 10.8. The number of primary amides is 1. The van der Waals surface area contributed by atoms with Gasteiger partial charge in [-0.05, 0) is 58.7 Å². The molecular weight excluding hydrogens is 356 g/mol. The fraction of sp³-hybridized carbons (Fsp3) is 0.115. The lowest BCUT2D eigenvalue weighted by atomic mass is 10.0. The molecule has 29 heavy (non-hydrogen) atoms. The van der Waals surface area contributed by atoms with Crippen molar-refractivity contribution in [2.75, 3.05) is 0 Å². The van der Waals surface area contributed by atoms with Gasteiger partial charge in [0, 0.05) is 22.9 Å². The molecule has 0 spiro atoms. The van der Waals surface area contributed by atoms with E-state index >= 15 is 0 Å². The molecule has 3 nitrogen and oxygen atoms in total. The summed E-state index contributed by atoms with van der Waals surface area (Å²) in [5, 5.41) is 4.30. The quantitative estimate of drug-likeness (QED) is 0.444. The number of benzene rings is 4. The maximum absolute atomic E-state index is 12.1. The number of aromatic nitrogens is 1. The molecule has 0 bridgehead atoms. The Labute approximate surface area is 169 Å². The van der Waals surface area contributed by atoms with Crippen molar-refractivity contribution >= 4 is 38.5 Å². The van der Waals surface area contributed by atoms with E-state index in [9.17, 15) is 4.79 Å². The standard InChI is InChI=1S/C26H21N2O/c1-2-17-11-13-21-24(15-17)28(23-9-5-8-22(25(21)23)26(27)29)16-18-10-12-19-6-3-4-7-20(19)14-18/h3-12,14-15H,2,16H2,1H3,(H2,27,29). The number of carbonyl (C=O) groups is 1. The summed E-state index contributed by atoms with van der Waals surface area (Å²) in [4.78, 5) is 12.1. The van der Waals surface area contributed by atoms with E-state index < -0.39 is 5.91 Å². The number of nitrogens with zero attached hydrogens (tertiary/aromatic N) is 1. The highest BCUT2D eigenvalue weighted by Gasteiger charge is 2.17. The Morgan fingerprint density at radius 1 is 0.931 bits per heavy atom. The van der Waals surface area contributed by atoms with Crippen molar-refractivity contribution in [3.63, 3.8) is 0 Å². The number of amides is 1. The van der Waals surface area contributed by atoms with Crippen LogP contribution in [0.15, 0.2) is 72.8 Å². The van der Waals surface area contributed by atoms with E-state index in [1.54, 1.807) is 6.07 Å². The third-order valence-corrected chi connectivity index (χ3v) is 5.68. The Morgan fingerprint density at radius 3 is 2.55 bits per heavy atom. The van der Waals surface area contributed by atoms with Crippen molar-refractivity contribution in [3.8, 4) is 0 Å². The van der Waals surface area contributed by atoms with E-state index in [4.69, 9.17) is 5.73 Å². The molecule has 3 heteroatoms. The van der Waals surface area contributed by atoms with Gasteiger partial charge in [0.15, 0.2) is 0 Å². The topological polar surface area (TPSA) is 48.0 Å². The molecule has 0 unspecified atom stereocenters. The summed E-state index contributed by atoms with van der Waals surface area (Å²) in [6, 6.07) is 28.3. The van der Waals surface area contributed by atoms with Crippen LogP contribution >= 0.6 is 0 Å². The van der Waals surface area contributed by atoms with Crippen LogP contribution in [0.5, 0.6) is 0 Å². The molecule has 0 fully saturated rings. The Kier molecular flexibility index (Phi) is 4.09. The van der Waals surface area contributed by atoms with Gasteiger partial charge in [0.2, 0.25) is 5.91 Å². The fourth-order valence-corrected chi connectivity index (χ4v) is 4.20. The van der Waals surface area contributed by atoms with Crippen molar-refractivity contribution < 1.29 is 4.79 Å². The number of fused-ring (bicyclic) bond motifs is 4. The van der Waals surface area contributed by atoms with Gasteiger partial charge in [-0.2, -0.15) is 0 Å². The minimum absolute atomic E-state index is 0.409. The van der Waals surface area contributed by atoms with Crippen LogP contribution in [-0.2, 0) is 13.0 Å². The van der Waals surface area contributed by atoms with Crippen LogP contribution in [0.2, 0.25) is 0 Å². The largest absolute Gasteiger partial charge is 0.366 e. The Bertz CT molecular complexity index is 1390. The maximum atomic E-state index is 12.1. The van der Waals surface area contributed by atoms with Crippen LogP contribution < -0.4 is 5.73 Å². The number of aryl methyl sites for hydroxylation is 1. The number of rotatable bonds is 4. The highest BCUT2D eigenvalue weighted by atomic mass is 16.1. The Morgan fingerprint density at radius 2 is 1.76 bits per heavy atom. The SMILES string of the molecule is CCc1c[c]c2c3c(C(N)=O)cccc3n(Cc3ccc4ccccc4c3)c2c1. The summed E-state index contributed by atoms with van der Waals surface area (Å²) >= 11 is 0.